The summed E-state index contributed by atoms with van der Waals surface area (Å²) in [6, 6.07) is 16.7. The second kappa shape index (κ2) is 10.3. The van der Waals surface area contributed by atoms with E-state index < -0.39 is 29.3 Å². The van der Waals surface area contributed by atoms with E-state index in [4.69, 9.17) is 13.9 Å². The van der Waals surface area contributed by atoms with Crippen molar-refractivity contribution in [1.29, 1.82) is 0 Å². The summed E-state index contributed by atoms with van der Waals surface area (Å²) >= 11 is 3.40. The van der Waals surface area contributed by atoms with Gasteiger partial charge in [0, 0.05) is 16.4 Å². The molecule has 0 saturated heterocycles. The number of hydrogen-bond donors (Lipinski definition) is 1. The first-order chi connectivity index (χ1) is 18.3. The largest absolute Gasteiger partial charge is 0.503 e. The number of rotatable bonds is 8. The van der Waals surface area contributed by atoms with Crippen LogP contribution in [0.15, 0.2) is 87.0 Å². The molecule has 3 aromatic carbocycles. The Morgan fingerprint density at radius 3 is 2.55 bits per heavy atom. The van der Waals surface area contributed by atoms with Crippen molar-refractivity contribution in [3.8, 4) is 11.5 Å². The first kappa shape index (κ1) is 25.5. The van der Waals surface area contributed by atoms with E-state index in [2.05, 4.69) is 15.9 Å². The molecule has 38 heavy (non-hydrogen) atoms. The number of benzene rings is 3. The molecular weight excluding hydrogens is 557 g/mol. The number of carbonyl (C=O) groups excluding carboxylic acids is 2. The summed E-state index contributed by atoms with van der Waals surface area (Å²) in [5, 5.41) is 11.7. The van der Waals surface area contributed by atoms with E-state index in [0.29, 0.717) is 40.2 Å². The van der Waals surface area contributed by atoms with Gasteiger partial charge in [-0.3, -0.25) is 9.59 Å². The number of methoxy groups -OCH3 is 1. The van der Waals surface area contributed by atoms with Crippen LogP contribution in [0.3, 0.4) is 0 Å². The molecule has 7 nitrogen and oxygen atoms in total. The number of ketones is 1. The molecule has 9 heteroatoms. The minimum absolute atomic E-state index is 0.0142. The highest BCUT2D eigenvalue weighted by Gasteiger charge is 2.44. The lowest BCUT2D eigenvalue weighted by Gasteiger charge is -2.27. The number of aliphatic hydroxyl groups excluding tert-OH is 1. The van der Waals surface area contributed by atoms with E-state index in [1.807, 2.05) is 6.92 Å². The Labute approximate surface area is 226 Å². The fourth-order valence-electron chi connectivity index (χ4n) is 4.57. The van der Waals surface area contributed by atoms with Crippen molar-refractivity contribution in [2.75, 3.05) is 13.7 Å². The predicted octanol–water partition coefficient (Wildman–Crippen LogP) is 6.52. The average Bonchev–Trinajstić information content (AvgIpc) is 3.44. The minimum atomic E-state index is -0.967. The molecule has 0 saturated carbocycles. The molecule has 4 aromatic rings. The Balaban J connectivity index is 1.62. The standard InChI is InChI=1S/C29H23BrFNO6/c1-3-37-23-13-17(6-10-22(23)36-2)26-25(27(33)24-14-18-12-19(30)7-11-21(18)38-24)28(34)29(35)32(26)15-16-4-8-20(31)9-5-16/h4-14,26,34H,3,15H2,1-2H3. The van der Waals surface area contributed by atoms with E-state index in [9.17, 15) is 19.1 Å². The van der Waals surface area contributed by atoms with Crippen LogP contribution in [-0.2, 0) is 11.3 Å². The summed E-state index contributed by atoms with van der Waals surface area (Å²) < 4.78 is 31.3. The van der Waals surface area contributed by atoms with Gasteiger partial charge in [0.15, 0.2) is 23.0 Å². The number of amides is 1. The Bertz CT molecular complexity index is 1580. The van der Waals surface area contributed by atoms with Gasteiger partial charge in [-0.2, -0.15) is 0 Å². The number of carbonyl (C=O) groups is 2. The Morgan fingerprint density at radius 1 is 1.08 bits per heavy atom. The molecule has 0 aliphatic carbocycles. The smallest absolute Gasteiger partial charge is 0.290 e. The summed E-state index contributed by atoms with van der Waals surface area (Å²) in [5.74, 6) is -1.54. The summed E-state index contributed by atoms with van der Waals surface area (Å²) in [5.41, 5.74) is 1.51. The highest BCUT2D eigenvalue weighted by molar-refractivity contribution is 9.10. The minimum Gasteiger partial charge on any atom is -0.503 e. The lowest BCUT2D eigenvalue weighted by Crippen LogP contribution is -2.30. The van der Waals surface area contributed by atoms with Crippen LogP contribution in [-0.4, -0.2) is 35.4 Å². The Morgan fingerprint density at radius 2 is 1.84 bits per heavy atom. The van der Waals surface area contributed by atoms with Gasteiger partial charge in [0.25, 0.3) is 5.91 Å². The highest BCUT2D eigenvalue weighted by atomic mass is 79.9. The van der Waals surface area contributed by atoms with Gasteiger partial charge in [-0.1, -0.05) is 34.1 Å². The van der Waals surface area contributed by atoms with E-state index >= 15 is 0 Å². The van der Waals surface area contributed by atoms with Crippen molar-refractivity contribution < 1.29 is 33.0 Å². The lowest BCUT2D eigenvalue weighted by molar-refractivity contribution is -0.130. The van der Waals surface area contributed by atoms with Crippen LogP contribution in [0.2, 0.25) is 0 Å². The van der Waals surface area contributed by atoms with Gasteiger partial charge in [-0.25, -0.2) is 4.39 Å². The van der Waals surface area contributed by atoms with E-state index in [1.54, 1.807) is 54.6 Å². The van der Waals surface area contributed by atoms with E-state index in [-0.39, 0.29) is 17.9 Å². The normalized spacial score (nSPS) is 15.4. The molecule has 0 spiro atoms. The lowest BCUT2D eigenvalue weighted by atomic mass is 9.94. The van der Waals surface area contributed by atoms with Crippen molar-refractivity contribution in [2.24, 2.45) is 0 Å². The molecule has 1 N–H and O–H groups in total. The zero-order chi connectivity index (χ0) is 27.0. The molecule has 1 amide bonds. The number of hydrogen-bond acceptors (Lipinski definition) is 6. The number of nitrogens with zero attached hydrogens (tertiary/aromatic N) is 1. The maximum atomic E-state index is 13.8. The maximum absolute atomic E-state index is 13.8. The van der Waals surface area contributed by atoms with Gasteiger partial charge in [0.2, 0.25) is 5.78 Å². The third-order valence-corrected chi connectivity index (χ3v) is 6.81. The number of aliphatic hydroxyl groups is 1. The molecule has 0 radical (unpaired) electrons. The molecule has 5 rings (SSSR count). The molecule has 1 aromatic heterocycles. The van der Waals surface area contributed by atoms with Crippen LogP contribution >= 0.6 is 15.9 Å². The molecule has 0 fully saturated rings. The van der Waals surface area contributed by atoms with E-state index in [0.717, 1.165) is 4.47 Å². The van der Waals surface area contributed by atoms with E-state index in [1.165, 1.54) is 24.1 Å². The maximum Gasteiger partial charge on any atom is 0.290 e. The number of Topliss-reactive ketones (excluding diaryl/α,β-unsaturated/α-hetero) is 1. The summed E-state index contributed by atoms with van der Waals surface area (Å²) in [4.78, 5) is 28.5. The fraction of sp³-hybridized carbons (Fsp3) is 0.172. The fourth-order valence-corrected chi connectivity index (χ4v) is 4.95. The number of ether oxygens (including phenoxy) is 2. The van der Waals surface area contributed by atoms with Gasteiger partial charge >= 0.3 is 0 Å². The van der Waals surface area contributed by atoms with Gasteiger partial charge in [0.05, 0.1) is 25.3 Å². The zero-order valence-electron chi connectivity index (χ0n) is 20.5. The van der Waals surface area contributed by atoms with Crippen molar-refractivity contribution in [2.45, 2.75) is 19.5 Å². The van der Waals surface area contributed by atoms with Gasteiger partial charge < -0.3 is 23.9 Å². The monoisotopic (exact) mass is 579 g/mol. The molecular formula is C29H23BrFNO6. The van der Waals surface area contributed by atoms with Crippen LogP contribution in [0.5, 0.6) is 11.5 Å². The highest BCUT2D eigenvalue weighted by Crippen LogP contribution is 2.43. The summed E-state index contributed by atoms with van der Waals surface area (Å²) in [6.07, 6.45) is 0. The molecule has 194 valence electrons. The van der Waals surface area contributed by atoms with Crippen LogP contribution in [0.1, 0.15) is 34.6 Å². The first-order valence-electron chi connectivity index (χ1n) is 11.8. The molecule has 1 atom stereocenters. The van der Waals surface area contributed by atoms with Crippen molar-refractivity contribution >= 4 is 38.6 Å². The molecule has 2 heterocycles. The number of fused-ring (bicyclic) bond motifs is 1. The molecule has 1 aliphatic heterocycles. The van der Waals surface area contributed by atoms with Crippen molar-refractivity contribution in [3.05, 3.63) is 105 Å². The summed E-state index contributed by atoms with van der Waals surface area (Å²) in [7, 11) is 1.51. The van der Waals surface area contributed by atoms with Crippen LogP contribution < -0.4 is 9.47 Å². The van der Waals surface area contributed by atoms with Gasteiger partial charge in [-0.15, -0.1) is 0 Å². The Kier molecular flexibility index (Phi) is 6.94. The number of furan rings is 1. The van der Waals surface area contributed by atoms with Crippen LogP contribution in [0, 0.1) is 5.82 Å². The topological polar surface area (TPSA) is 89.2 Å². The summed E-state index contributed by atoms with van der Waals surface area (Å²) in [6.45, 7) is 2.21. The predicted molar refractivity (Wildman–Crippen MR) is 142 cm³/mol. The molecule has 1 aliphatic rings. The molecule has 1 unspecified atom stereocenters. The van der Waals surface area contributed by atoms with Crippen LogP contribution in [0.25, 0.3) is 11.0 Å². The molecule has 0 bridgehead atoms. The quantitative estimate of drug-likeness (QED) is 0.239. The average molecular weight is 580 g/mol. The zero-order valence-corrected chi connectivity index (χ0v) is 22.1. The second-order valence-corrected chi connectivity index (χ2v) is 9.61. The first-order valence-corrected chi connectivity index (χ1v) is 12.6. The van der Waals surface area contributed by atoms with Crippen molar-refractivity contribution in [1.82, 2.24) is 4.90 Å². The second-order valence-electron chi connectivity index (χ2n) is 8.69. The SMILES string of the molecule is CCOc1cc(C2C(C(=O)c3cc4cc(Br)ccc4o3)=C(O)C(=O)N2Cc2ccc(F)cc2)ccc1OC. The third-order valence-electron chi connectivity index (χ3n) is 6.32. The Hall–Kier alpha value is -4.11. The van der Waals surface area contributed by atoms with Gasteiger partial charge in [0.1, 0.15) is 11.4 Å². The third kappa shape index (κ3) is 4.65. The van der Waals surface area contributed by atoms with Gasteiger partial charge in [-0.05, 0) is 66.6 Å². The number of halogens is 2. The van der Waals surface area contributed by atoms with Crippen LogP contribution in [0.4, 0.5) is 4.39 Å². The van der Waals surface area contributed by atoms with Crippen molar-refractivity contribution in [3.63, 3.8) is 0 Å².